The largest absolute Gasteiger partial charge is 0.474 e. The molecule has 4 nitrogen and oxygen atoms in total. The van der Waals surface area contributed by atoms with Crippen molar-refractivity contribution in [1.82, 2.24) is 4.98 Å². The molecule has 22 heavy (non-hydrogen) atoms. The number of aromatic nitrogens is 1. The highest BCUT2D eigenvalue weighted by Crippen LogP contribution is 2.31. The number of halogens is 3. The number of hydrogen-bond acceptors (Lipinski definition) is 4. The van der Waals surface area contributed by atoms with Crippen LogP contribution in [0.1, 0.15) is 43.9 Å². The molecule has 1 heterocycles. The lowest BCUT2D eigenvalue weighted by molar-refractivity contribution is -0.141. The molecule has 0 bridgehead atoms. The summed E-state index contributed by atoms with van der Waals surface area (Å²) >= 11 is 0. The van der Waals surface area contributed by atoms with Crippen molar-refractivity contribution >= 4 is 5.78 Å². The lowest BCUT2D eigenvalue weighted by Crippen LogP contribution is -2.25. The summed E-state index contributed by atoms with van der Waals surface area (Å²) in [6, 6.07) is 2.34. The Morgan fingerprint density at radius 1 is 1.36 bits per heavy atom. The van der Waals surface area contributed by atoms with Gasteiger partial charge >= 0.3 is 6.18 Å². The van der Waals surface area contributed by atoms with E-state index < -0.39 is 18.0 Å². The molecule has 2 rings (SSSR count). The van der Waals surface area contributed by atoms with Crippen LogP contribution in [0.2, 0.25) is 0 Å². The molecule has 0 spiro atoms. The van der Waals surface area contributed by atoms with Crippen molar-refractivity contribution in [1.29, 1.82) is 0 Å². The number of aliphatic hydroxyl groups is 1. The Labute approximate surface area is 126 Å². The zero-order valence-electron chi connectivity index (χ0n) is 12.2. The molecule has 1 saturated carbocycles. The molecule has 7 heteroatoms. The van der Waals surface area contributed by atoms with E-state index in [4.69, 9.17) is 4.74 Å². The van der Waals surface area contributed by atoms with Crippen LogP contribution < -0.4 is 4.74 Å². The third kappa shape index (κ3) is 4.69. The van der Waals surface area contributed by atoms with Gasteiger partial charge in [0, 0.05) is 18.9 Å². The Bertz CT molecular complexity index is 533. The van der Waals surface area contributed by atoms with Gasteiger partial charge in [0.1, 0.15) is 17.6 Å². The molecule has 122 valence electrons. The van der Waals surface area contributed by atoms with Crippen molar-refractivity contribution in [3.63, 3.8) is 0 Å². The van der Waals surface area contributed by atoms with Crippen LogP contribution in [-0.4, -0.2) is 28.1 Å². The predicted molar refractivity (Wildman–Crippen MR) is 72.5 cm³/mol. The normalized spacial score (nSPS) is 18.3. The van der Waals surface area contributed by atoms with Gasteiger partial charge in [-0.25, -0.2) is 4.98 Å². The summed E-state index contributed by atoms with van der Waals surface area (Å²) in [5.74, 6) is 0.0384. The SMILES string of the molecule is CC(O)Cc1cc(OC2CCC(=O)CC2)nc(C(F)(F)F)c1. The van der Waals surface area contributed by atoms with Crippen molar-refractivity contribution in [2.45, 2.75) is 57.4 Å². The van der Waals surface area contributed by atoms with Gasteiger partial charge in [-0.2, -0.15) is 13.2 Å². The summed E-state index contributed by atoms with van der Waals surface area (Å²) < 4.78 is 44.2. The minimum absolute atomic E-state index is 0.0884. The predicted octanol–water partition coefficient (Wildman–Crippen LogP) is 2.91. The fraction of sp³-hybridized carbons (Fsp3) is 0.600. The zero-order chi connectivity index (χ0) is 16.3. The minimum Gasteiger partial charge on any atom is -0.474 e. The van der Waals surface area contributed by atoms with Crippen molar-refractivity contribution in [3.05, 3.63) is 23.4 Å². The molecule has 1 fully saturated rings. The van der Waals surface area contributed by atoms with E-state index in [0.29, 0.717) is 31.2 Å². The smallest absolute Gasteiger partial charge is 0.433 e. The first-order chi connectivity index (χ1) is 10.2. The average molecular weight is 317 g/mol. The highest BCUT2D eigenvalue weighted by atomic mass is 19.4. The van der Waals surface area contributed by atoms with E-state index in [1.54, 1.807) is 0 Å². The molecule has 0 radical (unpaired) electrons. The standard InChI is InChI=1S/C15H18F3NO3/c1-9(20)6-10-7-13(15(16,17)18)19-14(8-10)22-12-4-2-11(21)3-5-12/h7-9,12,20H,2-6H2,1H3. The Kier molecular flexibility index (Phi) is 5.05. The molecule has 0 aliphatic heterocycles. The number of carbonyl (C=O) groups is 1. The lowest BCUT2D eigenvalue weighted by Gasteiger charge is -2.22. The summed E-state index contributed by atoms with van der Waals surface area (Å²) in [4.78, 5) is 14.7. The number of ether oxygens (including phenoxy) is 1. The second-order valence-electron chi connectivity index (χ2n) is 5.61. The van der Waals surface area contributed by atoms with Gasteiger partial charge in [-0.05, 0) is 37.8 Å². The van der Waals surface area contributed by atoms with E-state index >= 15 is 0 Å². The first kappa shape index (κ1) is 16.7. The fourth-order valence-electron chi connectivity index (χ4n) is 2.43. The monoisotopic (exact) mass is 317 g/mol. The highest BCUT2D eigenvalue weighted by molar-refractivity contribution is 5.79. The second kappa shape index (κ2) is 6.64. The van der Waals surface area contributed by atoms with Crippen LogP contribution in [0.3, 0.4) is 0 Å². The summed E-state index contributed by atoms with van der Waals surface area (Å²) in [7, 11) is 0. The quantitative estimate of drug-likeness (QED) is 0.927. The summed E-state index contributed by atoms with van der Waals surface area (Å²) in [6.07, 6.45) is -3.81. The van der Waals surface area contributed by atoms with E-state index in [1.165, 1.54) is 13.0 Å². The number of aliphatic hydroxyl groups excluding tert-OH is 1. The number of Topliss-reactive ketones (excluding diaryl/α,β-unsaturated/α-hetero) is 1. The van der Waals surface area contributed by atoms with Crippen molar-refractivity contribution < 1.29 is 27.8 Å². The molecule has 0 aromatic carbocycles. The van der Waals surface area contributed by atoms with Gasteiger partial charge in [0.2, 0.25) is 5.88 Å². The number of nitrogens with zero attached hydrogens (tertiary/aromatic N) is 1. The molecule has 1 N–H and O–H groups in total. The number of pyridine rings is 1. The van der Waals surface area contributed by atoms with E-state index in [2.05, 4.69) is 4.98 Å². The number of rotatable bonds is 4. The summed E-state index contributed by atoms with van der Waals surface area (Å²) in [5, 5.41) is 9.36. The van der Waals surface area contributed by atoms with E-state index in [0.717, 1.165) is 6.07 Å². The van der Waals surface area contributed by atoms with Crippen LogP contribution >= 0.6 is 0 Å². The number of carbonyl (C=O) groups excluding carboxylic acids is 1. The molecular weight excluding hydrogens is 299 g/mol. The van der Waals surface area contributed by atoms with Gasteiger partial charge in [-0.3, -0.25) is 4.79 Å². The first-order valence-corrected chi connectivity index (χ1v) is 7.18. The van der Waals surface area contributed by atoms with Crippen molar-refractivity contribution in [2.24, 2.45) is 0 Å². The van der Waals surface area contributed by atoms with Gasteiger partial charge in [0.05, 0.1) is 6.10 Å². The van der Waals surface area contributed by atoms with E-state index in [1.807, 2.05) is 0 Å². The van der Waals surface area contributed by atoms with E-state index in [9.17, 15) is 23.1 Å². The molecule has 0 amide bonds. The van der Waals surface area contributed by atoms with Gasteiger partial charge in [0.25, 0.3) is 0 Å². The van der Waals surface area contributed by atoms with Crippen molar-refractivity contribution in [3.8, 4) is 5.88 Å². The third-order valence-electron chi connectivity index (χ3n) is 3.46. The summed E-state index contributed by atoms with van der Waals surface area (Å²) in [6.45, 7) is 1.50. The second-order valence-corrected chi connectivity index (χ2v) is 5.61. The maximum absolute atomic E-state index is 12.9. The highest BCUT2D eigenvalue weighted by Gasteiger charge is 2.34. The number of ketones is 1. The molecule has 1 aromatic heterocycles. The zero-order valence-corrected chi connectivity index (χ0v) is 12.2. The number of hydrogen-bond donors (Lipinski definition) is 1. The molecule has 0 saturated heterocycles. The van der Waals surface area contributed by atoms with Gasteiger partial charge < -0.3 is 9.84 Å². The topological polar surface area (TPSA) is 59.4 Å². The Hall–Kier alpha value is -1.63. The van der Waals surface area contributed by atoms with Crippen LogP contribution in [-0.2, 0) is 17.4 Å². The average Bonchev–Trinajstić information content (AvgIpc) is 2.39. The van der Waals surface area contributed by atoms with Crippen LogP contribution in [0.4, 0.5) is 13.2 Å². The van der Waals surface area contributed by atoms with E-state index in [-0.39, 0.29) is 24.2 Å². The summed E-state index contributed by atoms with van der Waals surface area (Å²) in [5.41, 5.74) is -0.716. The molecule has 1 aliphatic carbocycles. The minimum atomic E-state index is -4.57. The molecule has 1 unspecified atom stereocenters. The fourth-order valence-corrected chi connectivity index (χ4v) is 2.43. The Balaban J connectivity index is 2.19. The molecule has 1 aromatic rings. The molecule has 1 atom stereocenters. The Morgan fingerprint density at radius 2 is 2.00 bits per heavy atom. The number of alkyl halides is 3. The van der Waals surface area contributed by atoms with Crippen LogP contribution in [0, 0.1) is 0 Å². The molecule has 1 aliphatic rings. The van der Waals surface area contributed by atoms with Crippen LogP contribution in [0.5, 0.6) is 5.88 Å². The van der Waals surface area contributed by atoms with Crippen LogP contribution in [0.25, 0.3) is 0 Å². The van der Waals surface area contributed by atoms with Gasteiger partial charge in [0.15, 0.2) is 0 Å². The lowest BCUT2D eigenvalue weighted by atomic mass is 9.96. The van der Waals surface area contributed by atoms with Gasteiger partial charge in [-0.15, -0.1) is 0 Å². The molecular formula is C15H18F3NO3. The first-order valence-electron chi connectivity index (χ1n) is 7.18. The van der Waals surface area contributed by atoms with Crippen molar-refractivity contribution in [2.75, 3.05) is 0 Å². The van der Waals surface area contributed by atoms with Crippen LogP contribution in [0.15, 0.2) is 12.1 Å². The third-order valence-corrected chi connectivity index (χ3v) is 3.46. The van der Waals surface area contributed by atoms with Gasteiger partial charge in [-0.1, -0.05) is 0 Å². The maximum atomic E-state index is 12.9. The Morgan fingerprint density at radius 3 is 2.55 bits per heavy atom. The maximum Gasteiger partial charge on any atom is 0.433 e.